The lowest BCUT2D eigenvalue weighted by atomic mass is 10.0. The highest BCUT2D eigenvalue weighted by molar-refractivity contribution is 6.30. The second kappa shape index (κ2) is 9.53. The molecule has 0 fully saturated rings. The van der Waals surface area contributed by atoms with Gasteiger partial charge >= 0.3 is 0 Å². The van der Waals surface area contributed by atoms with Gasteiger partial charge in [0.15, 0.2) is 0 Å². The van der Waals surface area contributed by atoms with Gasteiger partial charge in [-0.25, -0.2) is 0 Å². The van der Waals surface area contributed by atoms with Crippen LogP contribution in [0.25, 0.3) is 0 Å². The van der Waals surface area contributed by atoms with Gasteiger partial charge in [-0.15, -0.1) is 0 Å². The molecule has 5 nitrogen and oxygen atoms in total. The Morgan fingerprint density at radius 2 is 1.87 bits per heavy atom. The molecule has 0 aliphatic carbocycles. The van der Waals surface area contributed by atoms with Gasteiger partial charge in [0.25, 0.3) is 0 Å². The number of rotatable bonds is 8. The van der Waals surface area contributed by atoms with Crippen LogP contribution in [0.15, 0.2) is 24.3 Å². The van der Waals surface area contributed by atoms with Crippen molar-refractivity contribution in [2.24, 2.45) is 5.92 Å². The molecule has 0 heterocycles. The van der Waals surface area contributed by atoms with Crippen LogP contribution in [-0.2, 0) is 9.59 Å². The van der Waals surface area contributed by atoms with Gasteiger partial charge in [0, 0.05) is 18.5 Å². The molecular weight excluding hydrogens is 316 g/mol. The Morgan fingerprint density at radius 3 is 2.39 bits per heavy atom. The quantitative estimate of drug-likeness (QED) is 0.680. The van der Waals surface area contributed by atoms with Gasteiger partial charge in [-0.1, -0.05) is 44.0 Å². The lowest BCUT2D eigenvalue weighted by Crippen LogP contribution is -2.38. The van der Waals surface area contributed by atoms with Crippen molar-refractivity contribution in [3.63, 3.8) is 0 Å². The normalized spacial score (nSPS) is 14.7. The number of carbonyl (C=O) groups excluding carboxylic acids is 2. The fourth-order valence-electron chi connectivity index (χ4n) is 2.14. The number of amides is 2. The molecule has 2 amide bonds. The first-order valence-electron chi connectivity index (χ1n) is 7.80. The van der Waals surface area contributed by atoms with Crippen LogP contribution in [0.1, 0.15) is 45.2 Å². The highest BCUT2D eigenvalue weighted by atomic mass is 35.5. The predicted molar refractivity (Wildman–Crippen MR) is 91.1 cm³/mol. The summed E-state index contributed by atoms with van der Waals surface area (Å²) in [7, 11) is 0. The van der Waals surface area contributed by atoms with Crippen LogP contribution in [0.3, 0.4) is 0 Å². The third kappa shape index (κ3) is 7.01. The van der Waals surface area contributed by atoms with Crippen LogP contribution in [0.2, 0.25) is 5.02 Å². The lowest BCUT2D eigenvalue weighted by molar-refractivity contribution is -0.123. The van der Waals surface area contributed by atoms with E-state index < -0.39 is 12.1 Å². The van der Waals surface area contributed by atoms with Gasteiger partial charge in [0.05, 0.1) is 18.6 Å². The van der Waals surface area contributed by atoms with Crippen molar-refractivity contribution >= 4 is 23.4 Å². The van der Waals surface area contributed by atoms with E-state index in [1.165, 1.54) is 6.92 Å². The van der Waals surface area contributed by atoms with E-state index >= 15 is 0 Å². The van der Waals surface area contributed by atoms with Crippen LogP contribution in [0.5, 0.6) is 0 Å². The number of aliphatic hydroxyl groups excluding tert-OH is 1. The van der Waals surface area contributed by atoms with Crippen molar-refractivity contribution in [2.45, 2.75) is 45.8 Å². The van der Waals surface area contributed by atoms with Crippen molar-refractivity contribution in [1.82, 2.24) is 10.6 Å². The molecule has 1 rings (SSSR count). The molecule has 3 N–H and O–H groups in total. The first-order valence-corrected chi connectivity index (χ1v) is 8.18. The van der Waals surface area contributed by atoms with E-state index in [9.17, 15) is 14.7 Å². The molecule has 128 valence electrons. The highest BCUT2D eigenvalue weighted by Crippen LogP contribution is 2.19. The average molecular weight is 341 g/mol. The van der Waals surface area contributed by atoms with Crippen molar-refractivity contribution in [2.75, 3.05) is 6.54 Å². The molecule has 0 radical (unpaired) electrons. The Morgan fingerprint density at radius 1 is 1.26 bits per heavy atom. The fraction of sp³-hybridized carbons (Fsp3) is 0.529. The molecule has 0 saturated heterocycles. The minimum absolute atomic E-state index is 0.106. The smallest absolute Gasteiger partial charge is 0.222 e. The van der Waals surface area contributed by atoms with Gasteiger partial charge < -0.3 is 15.7 Å². The van der Waals surface area contributed by atoms with Gasteiger partial charge in [-0.2, -0.15) is 0 Å². The summed E-state index contributed by atoms with van der Waals surface area (Å²) in [6.45, 7) is 5.54. The molecule has 1 aromatic rings. The maximum Gasteiger partial charge on any atom is 0.222 e. The number of halogens is 1. The van der Waals surface area contributed by atoms with Gasteiger partial charge in [0.2, 0.25) is 11.8 Å². The number of benzene rings is 1. The van der Waals surface area contributed by atoms with Crippen LogP contribution in [0, 0.1) is 5.92 Å². The predicted octanol–water partition coefficient (Wildman–Crippen LogP) is 2.43. The molecule has 23 heavy (non-hydrogen) atoms. The molecule has 0 aliphatic rings. The zero-order valence-corrected chi connectivity index (χ0v) is 14.6. The Labute approximate surface area is 142 Å². The van der Waals surface area contributed by atoms with Crippen molar-refractivity contribution in [3.05, 3.63) is 34.9 Å². The van der Waals surface area contributed by atoms with E-state index in [2.05, 4.69) is 10.6 Å². The third-order valence-electron chi connectivity index (χ3n) is 3.85. The summed E-state index contributed by atoms with van der Waals surface area (Å²) in [6, 6.07) is 6.58. The first-order chi connectivity index (χ1) is 10.8. The molecule has 6 heteroatoms. The van der Waals surface area contributed by atoms with Crippen molar-refractivity contribution in [3.8, 4) is 0 Å². The standard InChI is InChI=1S/C17H25ClN2O3/c1-4-11(2)16(22)10-19-17(23)9-15(20-12(3)21)13-5-7-14(18)8-6-13/h5-8,11,15-16,22H,4,9-10H2,1-3H3,(H,19,23)(H,20,21). The van der Waals surface area contributed by atoms with E-state index in [4.69, 9.17) is 11.6 Å². The second-order valence-corrected chi connectivity index (χ2v) is 6.20. The zero-order chi connectivity index (χ0) is 17.4. The van der Waals surface area contributed by atoms with E-state index in [0.717, 1.165) is 12.0 Å². The molecule has 0 spiro atoms. The monoisotopic (exact) mass is 340 g/mol. The van der Waals surface area contributed by atoms with E-state index in [0.29, 0.717) is 5.02 Å². The Balaban J connectivity index is 2.64. The van der Waals surface area contributed by atoms with Gasteiger partial charge in [-0.3, -0.25) is 9.59 Å². The number of hydrogen-bond donors (Lipinski definition) is 3. The Kier molecular flexibility index (Phi) is 8.06. The molecule has 0 saturated carbocycles. The Bertz CT molecular complexity index is 519. The summed E-state index contributed by atoms with van der Waals surface area (Å²) in [5, 5.41) is 16.0. The van der Waals surface area contributed by atoms with Crippen LogP contribution < -0.4 is 10.6 Å². The summed E-state index contributed by atoms with van der Waals surface area (Å²) in [6.07, 6.45) is 0.379. The molecule has 0 bridgehead atoms. The van der Waals surface area contributed by atoms with Gasteiger partial charge in [0.1, 0.15) is 0 Å². The molecular formula is C17H25ClN2O3. The van der Waals surface area contributed by atoms with Crippen LogP contribution >= 0.6 is 11.6 Å². The summed E-state index contributed by atoms with van der Waals surface area (Å²) in [5.74, 6) is -0.309. The summed E-state index contributed by atoms with van der Waals surface area (Å²) >= 11 is 5.86. The lowest BCUT2D eigenvalue weighted by Gasteiger charge is -2.20. The topological polar surface area (TPSA) is 78.4 Å². The van der Waals surface area contributed by atoms with E-state index in [1.54, 1.807) is 24.3 Å². The third-order valence-corrected chi connectivity index (χ3v) is 4.10. The van der Waals surface area contributed by atoms with Crippen LogP contribution in [-0.4, -0.2) is 29.6 Å². The van der Waals surface area contributed by atoms with Crippen molar-refractivity contribution in [1.29, 1.82) is 0 Å². The minimum Gasteiger partial charge on any atom is -0.391 e. The van der Waals surface area contributed by atoms with E-state index in [-0.39, 0.29) is 30.7 Å². The zero-order valence-electron chi connectivity index (χ0n) is 13.8. The SMILES string of the molecule is CCC(C)C(O)CNC(=O)CC(NC(C)=O)c1ccc(Cl)cc1. The fourth-order valence-corrected chi connectivity index (χ4v) is 2.27. The number of nitrogens with one attached hydrogen (secondary N) is 2. The Hall–Kier alpha value is -1.59. The largest absolute Gasteiger partial charge is 0.391 e. The molecule has 0 aliphatic heterocycles. The van der Waals surface area contributed by atoms with Crippen molar-refractivity contribution < 1.29 is 14.7 Å². The van der Waals surface area contributed by atoms with Gasteiger partial charge in [-0.05, 0) is 23.6 Å². The molecule has 3 atom stereocenters. The molecule has 3 unspecified atom stereocenters. The highest BCUT2D eigenvalue weighted by Gasteiger charge is 2.19. The maximum atomic E-state index is 12.1. The number of carbonyl (C=O) groups is 2. The molecule has 1 aromatic carbocycles. The second-order valence-electron chi connectivity index (χ2n) is 5.77. The number of aliphatic hydroxyl groups is 1. The summed E-state index contributed by atoms with van der Waals surface area (Å²) < 4.78 is 0. The summed E-state index contributed by atoms with van der Waals surface area (Å²) in [4.78, 5) is 23.5. The minimum atomic E-state index is -0.571. The molecule has 0 aromatic heterocycles. The van der Waals surface area contributed by atoms with E-state index in [1.807, 2.05) is 13.8 Å². The maximum absolute atomic E-state index is 12.1. The first kappa shape index (κ1) is 19.5. The average Bonchev–Trinajstić information content (AvgIpc) is 2.51. The number of hydrogen-bond acceptors (Lipinski definition) is 3. The van der Waals surface area contributed by atoms with Crippen LogP contribution in [0.4, 0.5) is 0 Å². The summed E-state index contributed by atoms with van der Waals surface area (Å²) in [5.41, 5.74) is 0.808.